The van der Waals surface area contributed by atoms with Crippen LogP contribution in [0.5, 0.6) is 5.75 Å². The average Bonchev–Trinajstić information content (AvgIpc) is 2.18. The molecule has 0 aromatic heterocycles. The third-order valence-corrected chi connectivity index (χ3v) is 2.46. The van der Waals surface area contributed by atoms with Gasteiger partial charge in [-0.15, -0.1) is 0 Å². The van der Waals surface area contributed by atoms with Crippen LogP contribution in [0.1, 0.15) is 0 Å². The minimum absolute atomic E-state index is 0.410. The predicted octanol–water partition coefficient (Wildman–Crippen LogP) is -0.0483. The van der Waals surface area contributed by atoms with Crippen molar-refractivity contribution >= 4 is 19.8 Å². The van der Waals surface area contributed by atoms with Crippen molar-refractivity contribution in [1.29, 1.82) is 0 Å². The van der Waals surface area contributed by atoms with Crippen molar-refractivity contribution in [2.24, 2.45) is 5.73 Å². The van der Waals surface area contributed by atoms with Gasteiger partial charge in [-0.05, 0) is 12.1 Å². The molecule has 0 spiro atoms. The zero-order chi connectivity index (χ0) is 11.3. The Morgan fingerprint density at radius 1 is 1.53 bits per heavy atom. The van der Waals surface area contributed by atoms with Gasteiger partial charge in [0.15, 0.2) is 17.6 Å². The van der Waals surface area contributed by atoms with Gasteiger partial charge in [0.25, 0.3) is 8.00 Å². The summed E-state index contributed by atoms with van der Waals surface area (Å²) < 4.78 is 4.95. The first-order valence-electron chi connectivity index (χ1n) is 4.12. The van der Waals surface area contributed by atoms with Gasteiger partial charge in [-0.3, -0.25) is 9.32 Å². The van der Waals surface area contributed by atoms with E-state index in [0.29, 0.717) is 5.75 Å². The summed E-state index contributed by atoms with van der Waals surface area (Å²) in [5.74, 6) is 0.118. The Labute approximate surface area is 87.7 Å². The molecular weight excluding hydrogens is 217 g/mol. The molecule has 0 amide bonds. The number of aliphatic carboxylic acids is 1. The molecule has 80 valence electrons. The second-order valence-corrected chi connectivity index (χ2v) is 3.75. The Balaban J connectivity index is 2.63. The van der Waals surface area contributed by atoms with Crippen molar-refractivity contribution in [3.63, 3.8) is 0 Å². The van der Waals surface area contributed by atoms with Crippen LogP contribution >= 0.6 is 8.00 Å². The van der Waals surface area contributed by atoms with Crippen LogP contribution in [-0.2, 0) is 4.79 Å². The molecule has 0 bridgehead atoms. The molecule has 0 aliphatic rings. The maximum atomic E-state index is 11.3. The molecule has 15 heavy (non-hydrogen) atoms. The summed E-state index contributed by atoms with van der Waals surface area (Å²) >= 11 is 0. The highest BCUT2D eigenvalue weighted by molar-refractivity contribution is 7.45. The molecule has 1 aromatic carbocycles. The van der Waals surface area contributed by atoms with Crippen LogP contribution in [0, 0.1) is 0 Å². The quantitative estimate of drug-likeness (QED) is 0.703. The second-order valence-electron chi connectivity index (χ2n) is 2.70. The number of para-hydroxylation sites is 1. The minimum atomic E-state index is -2.21. The molecule has 2 atom stereocenters. The predicted molar refractivity (Wildman–Crippen MR) is 55.7 cm³/mol. The van der Waals surface area contributed by atoms with Crippen LogP contribution in [0.25, 0.3) is 0 Å². The Bertz CT molecular complexity index is 366. The zero-order valence-electron chi connectivity index (χ0n) is 7.74. The first-order chi connectivity index (χ1) is 7.09. The number of hydrogen-bond acceptors (Lipinski definition) is 4. The summed E-state index contributed by atoms with van der Waals surface area (Å²) in [5, 5.41) is 8.46. The maximum Gasteiger partial charge on any atom is 0.328 e. The number of rotatable bonds is 4. The highest BCUT2D eigenvalue weighted by atomic mass is 31.1. The van der Waals surface area contributed by atoms with E-state index in [2.05, 4.69) is 0 Å². The molecule has 0 saturated carbocycles. The highest BCUT2D eigenvalue weighted by Crippen LogP contribution is 2.19. The van der Waals surface area contributed by atoms with Crippen LogP contribution in [0.4, 0.5) is 0 Å². The number of nitrogens with two attached hydrogens (primary N) is 1. The number of hydrogen-bond donors (Lipinski definition) is 2. The van der Waals surface area contributed by atoms with Crippen LogP contribution in [-0.4, -0.2) is 22.9 Å². The van der Waals surface area contributed by atoms with Gasteiger partial charge in [-0.2, -0.15) is 0 Å². The third-order valence-electron chi connectivity index (χ3n) is 1.51. The molecule has 0 radical (unpaired) electrons. The van der Waals surface area contributed by atoms with Gasteiger partial charge in [-0.25, -0.2) is 0 Å². The fourth-order valence-corrected chi connectivity index (χ4v) is 1.59. The van der Waals surface area contributed by atoms with Crippen LogP contribution in [0.2, 0.25) is 0 Å². The van der Waals surface area contributed by atoms with E-state index in [-0.39, 0.29) is 0 Å². The number of carboxylic acid groups (broad SMARTS) is 1. The largest absolute Gasteiger partial charge is 0.595 e. The van der Waals surface area contributed by atoms with Gasteiger partial charge in [0.1, 0.15) is 0 Å². The highest BCUT2D eigenvalue weighted by Gasteiger charge is 2.13. The van der Waals surface area contributed by atoms with Gasteiger partial charge >= 0.3 is 5.97 Å². The fourth-order valence-electron chi connectivity index (χ4n) is 0.811. The Morgan fingerprint density at radius 3 is 2.67 bits per heavy atom. The summed E-state index contributed by atoms with van der Waals surface area (Å²) in [5.41, 5.74) is 5.15. The van der Waals surface area contributed by atoms with Crippen molar-refractivity contribution in [1.82, 2.24) is 0 Å². The van der Waals surface area contributed by atoms with Gasteiger partial charge in [0.05, 0.1) is 0 Å². The van der Waals surface area contributed by atoms with Crippen molar-refractivity contribution in [2.45, 2.75) is 6.04 Å². The normalized spacial score (nSPS) is 13.3. The number of carbonyl (C=O) groups is 1. The Hall–Kier alpha value is -1.42. The molecule has 6 heteroatoms. The average molecular weight is 227 g/mol. The number of benzene rings is 1. The summed E-state index contributed by atoms with van der Waals surface area (Å²) in [4.78, 5) is 21.6. The van der Waals surface area contributed by atoms with E-state index in [1.54, 1.807) is 30.3 Å². The van der Waals surface area contributed by atoms with Crippen molar-refractivity contribution in [3.8, 4) is 5.75 Å². The smallest absolute Gasteiger partial charge is 0.328 e. The summed E-state index contributed by atoms with van der Waals surface area (Å²) in [6.07, 6.45) is 0. The van der Waals surface area contributed by atoms with E-state index in [9.17, 15) is 9.69 Å². The van der Waals surface area contributed by atoms with Crippen LogP contribution < -0.4 is 15.2 Å². The van der Waals surface area contributed by atoms with E-state index in [1.165, 1.54) is 0 Å². The van der Waals surface area contributed by atoms with Gasteiger partial charge in [0, 0.05) is 0 Å². The molecule has 0 saturated heterocycles. The van der Waals surface area contributed by atoms with Crippen molar-refractivity contribution in [2.75, 3.05) is 0 Å². The van der Waals surface area contributed by atoms with Gasteiger partial charge in [-0.1, -0.05) is 18.2 Å². The maximum absolute atomic E-state index is 11.3. The lowest BCUT2D eigenvalue weighted by Crippen LogP contribution is -2.32. The van der Waals surface area contributed by atoms with E-state index < -0.39 is 20.0 Å². The van der Waals surface area contributed by atoms with Crippen LogP contribution in [0.3, 0.4) is 0 Å². The molecule has 0 fully saturated rings. The third kappa shape index (κ3) is 4.08. The molecule has 1 unspecified atom stereocenters. The molecule has 0 aliphatic carbocycles. The molecule has 0 heterocycles. The first kappa shape index (κ1) is 11.7. The lowest BCUT2D eigenvalue weighted by Gasteiger charge is -2.01. The summed E-state index contributed by atoms with van der Waals surface area (Å²) in [7, 11) is -2.21. The second kappa shape index (κ2) is 5.46. The molecule has 1 aromatic rings. The lowest BCUT2D eigenvalue weighted by molar-refractivity contribution is -0.165. The van der Waals surface area contributed by atoms with E-state index in [0.717, 1.165) is 5.80 Å². The molecular formula is C9H10NO4P. The monoisotopic (exact) mass is 227 g/mol. The topological polar surface area (TPSA) is 95.6 Å². The lowest BCUT2D eigenvalue weighted by atomic mass is 10.3. The van der Waals surface area contributed by atoms with E-state index in [4.69, 9.17) is 15.4 Å². The Kier molecular flexibility index (Phi) is 4.24. The van der Waals surface area contributed by atoms with E-state index >= 15 is 0 Å². The fraction of sp³-hybridized carbons (Fsp3) is 0.111. The van der Waals surface area contributed by atoms with Crippen LogP contribution in [0.15, 0.2) is 30.3 Å². The van der Waals surface area contributed by atoms with Gasteiger partial charge < -0.3 is 15.7 Å². The summed E-state index contributed by atoms with van der Waals surface area (Å²) in [6, 6.07) is 7.18. The minimum Gasteiger partial charge on any atom is -0.595 e. The summed E-state index contributed by atoms with van der Waals surface area (Å²) in [6.45, 7) is 0. The standard InChI is InChI=1S/C9H10NO4P/c10-8(9(11)12)6-15(13)14-7-4-2-1-3-5-7/h1-6,8H,10H2,(H,11,12)/t8-/m0/s1. The Morgan fingerprint density at radius 2 is 2.13 bits per heavy atom. The van der Waals surface area contributed by atoms with Crippen molar-refractivity contribution < 1.29 is 19.3 Å². The molecule has 5 nitrogen and oxygen atoms in total. The van der Waals surface area contributed by atoms with Crippen molar-refractivity contribution in [3.05, 3.63) is 30.3 Å². The van der Waals surface area contributed by atoms with Gasteiger partial charge in [0.2, 0.25) is 0 Å². The van der Waals surface area contributed by atoms with E-state index in [1.807, 2.05) is 0 Å². The molecule has 0 aliphatic heterocycles. The number of carboxylic acids is 1. The first-order valence-corrected chi connectivity index (χ1v) is 5.37. The molecule has 3 N–H and O–H groups in total. The SMILES string of the molecule is N[C@@H](C=[P+]([O-])Oc1ccccc1)C(=O)O. The zero-order valence-corrected chi connectivity index (χ0v) is 8.63. The molecule has 1 rings (SSSR count).